The van der Waals surface area contributed by atoms with E-state index in [1.807, 2.05) is 48.5 Å². The quantitative estimate of drug-likeness (QED) is 0.298. The van der Waals surface area contributed by atoms with E-state index in [1.165, 1.54) is 0 Å². The molecule has 0 saturated carbocycles. The zero-order valence-electron chi connectivity index (χ0n) is 10.1. The Morgan fingerprint density at radius 1 is 0.947 bits per heavy atom. The molecule has 0 saturated heterocycles. The average Bonchev–Trinajstić information content (AvgIpc) is 2.49. The minimum absolute atomic E-state index is 0.0206. The van der Waals surface area contributed by atoms with Gasteiger partial charge in [0, 0.05) is 0 Å². The molecule has 0 unspecified atom stereocenters. The topological polar surface area (TPSA) is 66.2 Å². The second kappa shape index (κ2) is 6.80. The highest BCUT2D eigenvalue weighted by molar-refractivity contribution is 6.27. The second-order valence-electron chi connectivity index (χ2n) is 3.60. The molecule has 0 heterocycles. The molecule has 0 amide bonds. The van der Waals surface area contributed by atoms with Crippen LogP contribution in [0.15, 0.2) is 76.0 Å². The predicted molar refractivity (Wildman–Crippen MR) is 74.5 cm³/mol. The van der Waals surface area contributed by atoms with Crippen LogP contribution in [0.2, 0.25) is 0 Å². The van der Waals surface area contributed by atoms with Crippen LogP contribution in [0.1, 0.15) is 0 Å². The minimum atomic E-state index is -0.0206. The number of hydrogen-bond donors (Lipinski definition) is 1. The minimum Gasteiger partial charge on any atom is -0.294 e. The summed E-state index contributed by atoms with van der Waals surface area (Å²) in [5, 5.41) is 11.6. The number of anilines is 1. The summed E-state index contributed by atoms with van der Waals surface area (Å²) < 4.78 is 0. The van der Waals surface area contributed by atoms with Crippen LogP contribution in [-0.2, 0) is 4.79 Å². The summed E-state index contributed by atoms with van der Waals surface area (Å²) in [4.78, 5) is 10.8. The molecule has 0 spiro atoms. The lowest BCUT2D eigenvalue weighted by molar-refractivity contribution is -0.102. The number of rotatable bonds is 4. The summed E-state index contributed by atoms with van der Waals surface area (Å²) in [7, 11) is 0. The molecule has 19 heavy (non-hydrogen) atoms. The van der Waals surface area contributed by atoms with E-state index in [1.54, 1.807) is 12.1 Å². The van der Waals surface area contributed by atoms with Crippen LogP contribution >= 0.6 is 0 Å². The van der Waals surface area contributed by atoms with Crippen molar-refractivity contribution in [3.05, 3.63) is 60.7 Å². The first-order chi connectivity index (χ1) is 9.38. The molecule has 5 nitrogen and oxygen atoms in total. The Morgan fingerprint density at radius 3 is 2.21 bits per heavy atom. The standard InChI is InChI=1S/C14H12N4O/c19-11-14(17-15-12-7-3-1-4-8-12)18-16-13-9-5-2-6-10-13/h1-11,15H/b17-14-,18-16?. The summed E-state index contributed by atoms with van der Waals surface area (Å²) in [5.41, 5.74) is 4.17. The van der Waals surface area contributed by atoms with E-state index in [9.17, 15) is 4.79 Å². The van der Waals surface area contributed by atoms with Gasteiger partial charge >= 0.3 is 0 Å². The number of azo groups is 1. The van der Waals surface area contributed by atoms with Crippen molar-refractivity contribution in [2.75, 3.05) is 5.43 Å². The van der Waals surface area contributed by atoms with E-state index in [0.717, 1.165) is 5.69 Å². The number of carbonyl (C=O) groups is 1. The number of hydrazone groups is 1. The van der Waals surface area contributed by atoms with Gasteiger partial charge < -0.3 is 0 Å². The van der Waals surface area contributed by atoms with Crippen molar-refractivity contribution in [3.8, 4) is 0 Å². The first-order valence-corrected chi connectivity index (χ1v) is 5.69. The fraction of sp³-hybridized carbons (Fsp3) is 0. The van der Waals surface area contributed by atoms with E-state index in [2.05, 4.69) is 20.8 Å². The van der Waals surface area contributed by atoms with E-state index >= 15 is 0 Å². The Hall–Kier alpha value is -2.82. The first-order valence-electron chi connectivity index (χ1n) is 5.69. The zero-order valence-corrected chi connectivity index (χ0v) is 10.1. The van der Waals surface area contributed by atoms with Gasteiger partial charge in [-0.3, -0.25) is 10.2 Å². The third-order valence-corrected chi connectivity index (χ3v) is 2.20. The van der Waals surface area contributed by atoms with Gasteiger partial charge in [-0.1, -0.05) is 36.4 Å². The number of nitrogens with zero attached hydrogens (tertiary/aromatic N) is 3. The van der Waals surface area contributed by atoms with Gasteiger partial charge in [-0.2, -0.15) is 0 Å². The van der Waals surface area contributed by atoms with Crippen molar-refractivity contribution in [1.29, 1.82) is 0 Å². The van der Waals surface area contributed by atoms with Gasteiger partial charge in [0.1, 0.15) is 0 Å². The number of amidine groups is 1. The maximum Gasteiger partial charge on any atom is 0.233 e. The zero-order chi connectivity index (χ0) is 13.3. The maximum atomic E-state index is 10.8. The molecular weight excluding hydrogens is 240 g/mol. The summed E-state index contributed by atoms with van der Waals surface area (Å²) in [6.45, 7) is 0. The van der Waals surface area contributed by atoms with Gasteiger partial charge in [0.05, 0.1) is 11.4 Å². The van der Waals surface area contributed by atoms with Gasteiger partial charge in [0.2, 0.25) is 5.84 Å². The molecule has 5 heteroatoms. The lowest BCUT2D eigenvalue weighted by Gasteiger charge is -1.98. The van der Waals surface area contributed by atoms with Gasteiger partial charge in [-0.05, 0) is 24.3 Å². The Balaban J connectivity index is 2.04. The number of carbonyl (C=O) groups excluding carboxylic acids is 1. The molecule has 0 radical (unpaired) electrons. The molecule has 0 aliphatic carbocycles. The Morgan fingerprint density at radius 2 is 1.58 bits per heavy atom. The lowest BCUT2D eigenvalue weighted by Crippen LogP contribution is -1.99. The largest absolute Gasteiger partial charge is 0.294 e. The molecule has 0 bridgehead atoms. The van der Waals surface area contributed by atoms with Crippen molar-refractivity contribution >= 4 is 23.5 Å². The first kappa shape index (κ1) is 12.6. The molecule has 2 aromatic carbocycles. The fourth-order valence-electron chi connectivity index (χ4n) is 1.31. The predicted octanol–water partition coefficient (Wildman–Crippen LogP) is 3.39. The molecule has 0 fully saturated rings. The molecule has 0 aliphatic heterocycles. The average molecular weight is 252 g/mol. The monoisotopic (exact) mass is 252 g/mol. The van der Waals surface area contributed by atoms with Gasteiger partial charge in [0.25, 0.3) is 0 Å². The number of hydrogen-bond acceptors (Lipinski definition) is 4. The van der Waals surface area contributed by atoms with Gasteiger partial charge in [0.15, 0.2) is 6.29 Å². The van der Waals surface area contributed by atoms with E-state index in [4.69, 9.17) is 0 Å². The van der Waals surface area contributed by atoms with Crippen molar-refractivity contribution < 1.29 is 4.79 Å². The molecule has 0 aliphatic rings. The third kappa shape index (κ3) is 4.16. The SMILES string of the molecule is O=C/C(N=Nc1ccccc1)=N/Nc1ccccc1. The fourth-order valence-corrected chi connectivity index (χ4v) is 1.31. The second-order valence-corrected chi connectivity index (χ2v) is 3.60. The van der Waals surface area contributed by atoms with Crippen molar-refractivity contribution in [1.82, 2.24) is 0 Å². The highest BCUT2D eigenvalue weighted by Gasteiger charge is 1.94. The smallest absolute Gasteiger partial charge is 0.233 e. The normalized spacial score (nSPS) is 11.5. The van der Waals surface area contributed by atoms with Gasteiger partial charge in [-0.15, -0.1) is 15.3 Å². The summed E-state index contributed by atoms with van der Waals surface area (Å²) >= 11 is 0. The molecular formula is C14H12N4O. The molecule has 0 aromatic heterocycles. The molecule has 2 rings (SSSR count). The van der Waals surface area contributed by atoms with Crippen LogP contribution in [0.4, 0.5) is 11.4 Å². The Bertz CT molecular complexity index is 579. The van der Waals surface area contributed by atoms with Crippen molar-refractivity contribution in [2.45, 2.75) is 0 Å². The molecule has 1 N–H and O–H groups in total. The van der Waals surface area contributed by atoms with Crippen molar-refractivity contribution in [2.24, 2.45) is 15.3 Å². The van der Waals surface area contributed by atoms with Crippen LogP contribution in [0.5, 0.6) is 0 Å². The lowest BCUT2D eigenvalue weighted by atomic mass is 10.3. The number of para-hydroxylation sites is 1. The number of nitrogens with one attached hydrogen (secondary N) is 1. The number of aldehydes is 1. The Kier molecular flexibility index (Phi) is 4.52. The van der Waals surface area contributed by atoms with Gasteiger partial charge in [-0.25, -0.2) is 0 Å². The third-order valence-electron chi connectivity index (χ3n) is 2.20. The van der Waals surface area contributed by atoms with Crippen LogP contribution in [0, 0.1) is 0 Å². The van der Waals surface area contributed by atoms with Crippen LogP contribution in [-0.4, -0.2) is 12.1 Å². The highest BCUT2D eigenvalue weighted by atomic mass is 16.1. The summed E-state index contributed by atoms with van der Waals surface area (Å²) in [6.07, 6.45) is 0.544. The van der Waals surface area contributed by atoms with Crippen LogP contribution in [0.3, 0.4) is 0 Å². The molecule has 2 aromatic rings. The number of benzene rings is 2. The Labute approximate surface area is 110 Å². The molecule has 94 valence electrons. The van der Waals surface area contributed by atoms with E-state index in [-0.39, 0.29) is 5.84 Å². The summed E-state index contributed by atoms with van der Waals surface area (Å²) in [6, 6.07) is 18.4. The van der Waals surface area contributed by atoms with Crippen LogP contribution < -0.4 is 5.43 Å². The maximum absolute atomic E-state index is 10.8. The molecule has 0 atom stereocenters. The van der Waals surface area contributed by atoms with Crippen molar-refractivity contribution in [3.63, 3.8) is 0 Å². The van der Waals surface area contributed by atoms with E-state index < -0.39 is 0 Å². The van der Waals surface area contributed by atoms with E-state index in [0.29, 0.717) is 12.0 Å². The summed E-state index contributed by atoms with van der Waals surface area (Å²) in [5.74, 6) is -0.0206. The van der Waals surface area contributed by atoms with Crippen LogP contribution in [0.25, 0.3) is 0 Å². The highest BCUT2D eigenvalue weighted by Crippen LogP contribution is 2.10.